The lowest BCUT2D eigenvalue weighted by molar-refractivity contribution is -0.125. The van der Waals surface area contributed by atoms with E-state index in [9.17, 15) is 33.0 Å². The van der Waals surface area contributed by atoms with E-state index in [1.54, 1.807) is 29.0 Å². The summed E-state index contributed by atoms with van der Waals surface area (Å²) in [4.78, 5) is 41.0. The summed E-state index contributed by atoms with van der Waals surface area (Å²) in [5.41, 5.74) is 4.18. The number of amides is 3. The first-order chi connectivity index (χ1) is 22.3. The highest BCUT2D eigenvalue weighted by Gasteiger charge is 2.27. The van der Waals surface area contributed by atoms with Gasteiger partial charge in [0.1, 0.15) is 5.75 Å². The van der Waals surface area contributed by atoms with E-state index in [2.05, 4.69) is 10.7 Å². The van der Waals surface area contributed by atoms with Crippen molar-refractivity contribution in [1.29, 1.82) is 0 Å². The fourth-order valence-corrected chi connectivity index (χ4v) is 5.66. The third kappa shape index (κ3) is 11.5. The van der Waals surface area contributed by atoms with Gasteiger partial charge in [-0.15, -0.1) is 0 Å². The van der Waals surface area contributed by atoms with Gasteiger partial charge < -0.3 is 20.4 Å². The Morgan fingerprint density at radius 3 is 2.06 bits per heavy atom. The summed E-state index contributed by atoms with van der Waals surface area (Å²) < 4.78 is 24.8. The molecule has 12 nitrogen and oxygen atoms in total. The fraction of sp³-hybridized carbons (Fsp3) is 0.382. The Morgan fingerprint density at radius 2 is 1.49 bits per heavy atom. The number of sulfonamides is 1. The maximum absolute atomic E-state index is 13.7. The number of likely N-dealkylation sites (N-methyl/N-ethyl adjacent to an activating group) is 1. The molecule has 0 aliphatic carbocycles. The topological polar surface area (TPSA) is 182 Å². The molecule has 2 unspecified atom stereocenters. The van der Waals surface area contributed by atoms with Crippen molar-refractivity contribution in [3.05, 3.63) is 95.1 Å². The Balaban J connectivity index is 1.89. The van der Waals surface area contributed by atoms with Crippen LogP contribution in [-0.4, -0.2) is 84.6 Å². The number of rotatable bonds is 17. The van der Waals surface area contributed by atoms with Gasteiger partial charge in [0.05, 0.1) is 23.5 Å². The predicted octanol–water partition coefficient (Wildman–Crippen LogP) is 2.60. The number of phenolic OH excluding ortho intramolecular Hbond substituents is 1. The number of hydrogen-bond acceptors (Lipinski definition) is 8. The molecule has 0 saturated heterocycles. The molecular formula is C34H45N5O7S. The van der Waals surface area contributed by atoms with Gasteiger partial charge in [-0.25, -0.2) is 18.6 Å². The number of aromatic hydroxyl groups is 1. The lowest BCUT2D eigenvalue weighted by Crippen LogP contribution is -2.53. The third-order valence-corrected chi connectivity index (χ3v) is 8.36. The van der Waals surface area contributed by atoms with Crippen molar-refractivity contribution in [1.82, 2.24) is 20.7 Å². The second kappa shape index (κ2) is 17.6. The number of hydrogen-bond donors (Lipinski definition) is 5. The van der Waals surface area contributed by atoms with Crippen molar-refractivity contribution in [2.75, 3.05) is 26.2 Å². The first kappa shape index (κ1) is 37.2. The van der Waals surface area contributed by atoms with E-state index in [0.717, 1.165) is 17.7 Å². The van der Waals surface area contributed by atoms with E-state index in [1.807, 2.05) is 44.2 Å². The van der Waals surface area contributed by atoms with Crippen molar-refractivity contribution in [3.63, 3.8) is 0 Å². The average molecular weight is 668 g/mol. The Bertz CT molecular complexity index is 1590. The van der Waals surface area contributed by atoms with Crippen molar-refractivity contribution in [3.8, 4) is 5.75 Å². The van der Waals surface area contributed by atoms with Crippen LogP contribution in [0.25, 0.3) is 0 Å². The van der Waals surface area contributed by atoms with E-state index >= 15 is 0 Å². The van der Waals surface area contributed by atoms with Gasteiger partial charge in [-0.05, 0) is 60.7 Å². The number of nitrogens with zero attached hydrogens (tertiary/aromatic N) is 2. The second-order valence-electron chi connectivity index (χ2n) is 11.3. The van der Waals surface area contributed by atoms with E-state index < -0.39 is 38.9 Å². The molecule has 0 heterocycles. The van der Waals surface area contributed by atoms with Crippen LogP contribution in [0.2, 0.25) is 0 Å². The Labute approximate surface area is 276 Å². The summed E-state index contributed by atoms with van der Waals surface area (Å²) in [7, 11) is -4.29. The molecule has 13 heteroatoms. The molecule has 0 fully saturated rings. The predicted molar refractivity (Wildman–Crippen MR) is 179 cm³/mol. The molecule has 254 valence electrons. The number of nitrogens with one attached hydrogen (secondary N) is 2. The first-order valence-electron chi connectivity index (χ1n) is 15.7. The van der Waals surface area contributed by atoms with Crippen molar-refractivity contribution in [2.45, 2.75) is 63.5 Å². The summed E-state index contributed by atoms with van der Waals surface area (Å²) >= 11 is 0. The zero-order valence-electron chi connectivity index (χ0n) is 27.1. The summed E-state index contributed by atoms with van der Waals surface area (Å²) in [5, 5.41) is 30.9. The molecule has 3 amide bonds. The van der Waals surface area contributed by atoms with Gasteiger partial charge >= 0.3 is 0 Å². The highest BCUT2D eigenvalue weighted by atomic mass is 32.2. The number of benzene rings is 3. The molecular weight excluding hydrogens is 622 g/mol. The monoisotopic (exact) mass is 667 g/mol. The Hall–Kier alpha value is -4.30. The van der Waals surface area contributed by atoms with Crippen molar-refractivity contribution in [2.24, 2.45) is 5.14 Å². The molecule has 0 saturated carbocycles. The molecule has 0 aliphatic heterocycles. The van der Waals surface area contributed by atoms with E-state index in [1.165, 1.54) is 18.2 Å². The summed E-state index contributed by atoms with van der Waals surface area (Å²) in [6, 6.07) is 18.1. The number of carbonyl (C=O) groups is 3. The molecule has 0 radical (unpaired) electrons. The maximum atomic E-state index is 13.7. The number of aliphatic hydroxyl groups excluding tert-OH is 1. The lowest BCUT2D eigenvalue weighted by atomic mass is 9.99. The number of primary sulfonamides is 1. The van der Waals surface area contributed by atoms with Gasteiger partial charge in [-0.3, -0.25) is 19.8 Å². The number of carbonyl (C=O) groups excluding carboxylic acids is 3. The van der Waals surface area contributed by atoms with Gasteiger partial charge in [-0.2, -0.15) is 0 Å². The number of aliphatic hydroxyl groups is 1. The molecule has 0 aliphatic rings. The largest absolute Gasteiger partial charge is 0.508 e. The van der Waals surface area contributed by atoms with E-state index in [0.29, 0.717) is 38.0 Å². The van der Waals surface area contributed by atoms with Gasteiger partial charge in [0.15, 0.2) is 0 Å². The maximum Gasteiger partial charge on any atom is 0.253 e. The van der Waals surface area contributed by atoms with Crippen LogP contribution in [0.15, 0.2) is 77.7 Å². The minimum Gasteiger partial charge on any atom is -0.508 e. The average Bonchev–Trinajstić information content (AvgIpc) is 3.04. The van der Waals surface area contributed by atoms with Crippen molar-refractivity contribution >= 4 is 27.7 Å². The van der Waals surface area contributed by atoms with Gasteiger partial charge in [-0.1, -0.05) is 63.2 Å². The number of nitrogens with two attached hydrogens (primary N) is 1. The summed E-state index contributed by atoms with van der Waals surface area (Å²) in [5.74, 6) is -1.40. The zero-order valence-corrected chi connectivity index (χ0v) is 27.9. The van der Waals surface area contributed by atoms with Crippen LogP contribution in [0, 0.1) is 0 Å². The number of hydrazine groups is 1. The van der Waals surface area contributed by atoms with Crippen LogP contribution in [0.4, 0.5) is 0 Å². The third-order valence-electron chi connectivity index (χ3n) is 7.47. The second-order valence-corrected chi connectivity index (χ2v) is 12.9. The van der Waals surface area contributed by atoms with Crippen LogP contribution >= 0.6 is 0 Å². The van der Waals surface area contributed by atoms with Crippen molar-refractivity contribution < 1.29 is 33.0 Å². The normalized spacial score (nSPS) is 12.7. The zero-order chi connectivity index (χ0) is 34.6. The molecule has 47 heavy (non-hydrogen) atoms. The van der Waals surface area contributed by atoms with Gasteiger partial charge in [0.2, 0.25) is 15.9 Å². The standard InChI is InChI=1S/C34H45N5O7S/c1-4-16-38(17-5-2)34(44)27-20-26(21-29(22-27)47(35,45)46)33(43)36-30(18-25-12-14-28(40)15-13-25)31(41)23-39(6-3)37-32(42)19-24-10-8-7-9-11-24/h7-15,20-22,30-31,40-41H,4-6,16-19,23H2,1-3H3,(H,36,43)(H,37,42)(H2,35,45,46). The van der Waals surface area contributed by atoms with Gasteiger partial charge in [0, 0.05) is 37.3 Å². The number of phenols is 1. The van der Waals surface area contributed by atoms with E-state index in [4.69, 9.17) is 5.14 Å². The molecule has 3 aromatic rings. The van der Waals surface area contributed by atoms with Crippen LogP contribution in [0.5, 0.6) is 5.75 Å². The van der Waals surface area contributed by atoms with E-state index in [-0.39, 0.29) is 42.2 Å². The highest BCUT2D eigenvalue weighted by molar-refractivity contribution is 7.89. The first-order valence-corrected chi connectivity index (χ1v) is 17.2. The molecule has 2 atom stereocenters. The minimum atomic E-state index is -4.29. The molecule has 3 rings (SSSR count). The molecule has 3 aromatic carbocycles. The van der Waals surface area contributed by atoms with Crippen LogP contribution in [-0.2, 0) is 27.7 Å². The fourth-order valence-electron chi connectivity index (χ4n) is 5.08. The quantitative estimate of drug-likeness (QED) is 0.136. The highest BCUT2D eigenvalue weighted by Crippen LogP contribution is 2.19. The molecule has 0 spiro atoms. The summed E-state index contributed by atoms with van der Waals surface area (Å²) in [6.45, 7) is 6.85. The van der Waals surface area contributed by atoms with Crippen LogP contribution < -0.4 is 15.9 Å². The molecule has 6 N–H and O–H groups in total. The molecule has 0 bridgehead atoms. The summed E-state index contributed by atoms with van der Waals surface area (Å²) in [6.07, 6.45) is 0.427. The lowest BCUT2D eigenvalue weighted by Gasteiger charge is -2.30. The van der Waals surface area contributed by atoms with Crippen LogP contribution in [0.3, 0.4) is 0 Å². The van der Waals surface area contributed by atoms with Gasteiger partial charge in [0.25, 0.3) is 11.8 Å². The Morgan fingerprint density at radius 1 is 0.872 bits per heavy atom. The Kier molecular flexibility index (Phi) is 13.9. The smallest absolute Gasteiger partial charge is 0.253 e. The van der Waals surface area contributed by atoms with Crippen LogP contribution in [0.1, 0.15) is 65.5 Å². The minimum absolute atomic E-state index is 0.00232. The molecule has 0 aromatic heterocycles. The SMILES string of the molecule is CCCN(CCC)C(=O)c1cc(C(=O)NC(Cc2ccc(O)cc2)C(O)CN(CC)NC(=O)Cc2ccccc2)cc(S(N)(=O)=O)c1.